The Hall–Kier alpha value is -0.780. The average molecular weight is 138 g/mol. The molecule has 0 aromatic heterocycles. The van der Waals surface area contributed by atoms with Crippen LogP contribution in [0.2, 0.25) is 0 Å². The Morgan fingerprint density at radius 1 is 1.60 bits per heavy atom. The minimum absolute atomic E-state index is 0.302. The van der Waals surface area contributed by atoms with Gasteiger partial charge in [0.25, 0.3) is 0 Å². The fraction of sp³-hybridized carbons (Fsp3) is 0.444. The summed E-state index contributed by atoms with van der Waals surface area (Å²) in [5, 5.41) is 9.30. The second-order valence-corrected chi connectivity index (χ2v) is 2.85. The molecule has 0 aromatic rings. The Bertz CT molecular complexity index is 162. The van der Waals surface area contributed by atoms with Gasteiger partial charge in [-0.1, -0.05) is 26.5 Å². The molecule has 1 atom stereocenters. The van der Waals surface area contributed by atoms with E-state index < -0.39 is 6.10 Å². The lowest BCUT2D eigenvalue weighted by Crippen LogP contribution is -2.24. The van der Waals surface area contributed by atoms with Crippen LogP contribution < -0.4 is 0 Å². The van der Waals surface area contributed by atoms with Gasteiger partial charge in [-0.25, -0.2) is 0 Å². The predicted molar refractivity (Wildman–Crippen MR) is 43.7 cm³/mol. The molecule has 10 heavy (non-hydrogen) atoms. The van der Waals surface area contributed by atoms with Crippen molar-refractivity contribution in [2.75, 3.05) is 0 Å². The lowest BCUT2D eigenvalue weighted by Gasteiger charge is -2.22. The molecular weight excluding hydrogens is 124 g/mol. The van der Waals surface area contributed by atoms with Gasteiger partial charge < -0.3 is 5.11 Å². The summed E-state index contributed by atoms with van der Waals surface area (Å²) in [5.41, 5.74) is 2.34. The monoisotopic (exact) mass is 138 g/mol. The van der Waals surface area contributed by atoms with Crippen molar-refractivity contribution in [1.82, 2.24) is 0 Å². The summed E-state index contributed by atoms with van der Waals surface area (Å²) in [5.74, 6) is 0. The Balaban J connectivity index is 4.36. The third kappa shape index (κ3) is 2.22. The van der Waals surface area contributed by atoms with Crippen molar-refractivity contribution >= 4 is 0 Å². The summed E-state index contributed by atoms with van der Waals surface area (Å²) in [6.45, 7) is 10.7. The molecule has 0 spiro atoms. The molecule has 1 N–H and O–H groups in total. The van der Waals surface area contributed by atoms with Crippen LogP contribution in [0.15, 0.2) is 31.0 Å². The number of hydrogen-bond donors (Lipinski definition) is 1. The van der Waals surface area contributed by atoms with E-state index in [-0.39, 0.29) is 5.41 Å². The third-order valence-corrected chi connectivity index (χ3v) is 1.46. The van der Waals surface area contributed by atoms with E-state index in [2.05, 4.69) is 18.9 Å². The molecule has 0 aliphatic carbocycles. The molecule has 0 bridgehead atoms. The van der Waals surface area contributed by atoms with E-state index in [0.29, 0.717) is 0 Å². The van der Waals surface area contributed by atoms with Gasteiger partial charge in [0.1, 0.15) is 0 Å². The molecule has 0 heterocycles. The van der Waals surface area contributed by atoms with E-state index in [9.17, 15) is 5.11 Å². The van der Waals surface area contributed by atoms with E-state index in [1.807, 2.05) is 13.8 Å². The number of aliphatic hydroxyl groups excluding tert-OH is 1. The van der Waals surface area contributed by atoms with Gasteiger partial charge in [0, 0.05) is 5.41 Å². The first-order valence-corrected chi connectivity index (χ1v) is 3.22. The molecule has 0 rings (SSSR count). The Morgan fingerprint density at radius 2 is 2.10 bits per heavy atom. The minimum Gasteiger partial charge on any atom is -0.388 e. The van der Waals surface area contributed by atoms with E-state index >= 15 is 0 Å². The topological polar surface area (TPSA) is 20.2 Å². The highest BCUT2D eigenvalue weighted by molar-refractivity contribution is 5.02. The first-order valence-electron chi connectivity index (χ1n) is 3.22. The quantitative estimate of drug-likeness (QED) is 0.466. The molecule has 0 saturated carbocycles. The first kappa shape index (κ1) is 9.22. The standard InChI is InChI=1S/C9H14O/c1-5-7-9(3,4)8(10)6-2/h6-8,10H,1-2H2,3-4H3. The van der Waals surface area contributed by atoms with Crippen molar-refractivity contribution in [3.05, 3.63) is 31.0 Å². The molecule has 1 nitrogen and oxygen atoms in total. The van der Waals surface area contributed by atoms with E-state index in [0.717, 1.165) is 0 Å². The molecule has 0 saturated heterocycles. The van der Waals surface area contributed by atoms with Crippen LogP contribution in [0, 0.1) is 5.41 Å². The summed E-state index contributed by atoms with van der Waals surface area (Å²) < 4.78 is 0. The predicted octanol–water partition coefficient (Wildman–Crippen LogP) is 1.90. The van der Waals surface area contributed by atoms with Gasteiger partial charge in [-0.05, 0) is 6.08 Å². The fourth-order valence-electron chi connectivity index (χ4n) is 0.652. The van der Waals surface area contributed by atoms with E-state index in [1.54, 1.807) is 6.08 Å². The maximum Gasteiger partial charge on any atom is 0.0809 e. The maximum absolute atomic E-state index is 9.30. The highest BCUT2D eigenvalue weighted by Crippen LogP contribution is 2.22. The molecule has 0 fully saturated rings. The lowest BCUT2D eigenvalue weighted by molar-refractivity contribution is 0.126. The molecule has 1 heteroatoms. The number of aliphatic hydroxyl groups is 1. The highest BCUT2D eigenvalue weighted by atomic mass is 16.3. The van der Waals surface area contributed by atoms with Crippen LogP contribution in [-0.4, -0.2) is 11.2 Å². The van der Waals surface area contributed by atoms with Crippen LogP contribution in [0.25, 0.3) is 0 Å². The molecule has 0 amide bonds. The smallest absolute Gasteiger partial charge is 0.0809 e. The molecule has 0 aliphatic rings. The Labute approximate surface area is 62.4 Å². The molecule has 0 aromatic carbocycles. The molecule has 0 radical (unpaired) electrons. The average Bonchev–Trinajstić information content (AvgIpc) is 1.86. The van der Waals surface area contributed by atoms with Gasteiger partial charge in [0.2, 0.25) is 0 Å². The van der Waals surface area contributed by atoms with Gasteiger partial charge >= 0.3 is 0 Å². The van der Waals surface area contributed by atoms with Crippen LogP contribution in [0.4, 0.5) is 0 Å². The van der Waals surface area contributed by atoms with Crippen LogP contribution in [-0.2, 0) is 0 Å². The molecule has 0 aliphatic heterocycles. The molecular formula is C9H14O. The number of rotatable bonds is 3. The van der Waals surface area contributed by atoms with Crippen molar-refractivity contribution in [3.8, 4) is 0 Å². The Kier molecular flexibility index (Phi) is 3.14. The van der Waals surface area contributed by atoms with Crippen molar-refractivity contribution in [2.24, 2.45) is 5.41 Å². The van der Waals surface area contributed by atoms with Crippen molar-refractivity contribution in [2.45, 2.75) is 20.0 Å². The summed E-state index contributed by atoms with van der Waals surface area (Å²) in [6, 6.07) is 0. The van der Waals surface area contributed by atoms with Crippen LogP contribution in [0.1, 0.15) is 13.8 Å². The van der Waals surface area contributed by atoms with Gasteiger partial charge in [-0.15, -0.1) is 12.3 Å². The van der Waals surface area contributed by atoms with E-state index in [4.69, 9.17) is 0 Å². The minimum atomic E-state index is -0.526. The van der Waals surface area contributed by atoms with Crippen molar-refractivity contribution in [1.29, 1.82) is 0 Å². The second-order valence-electron chi connectivity index (χ2n) is 2.85. The summed E-state index contributed by atoms with van der Waals surface area (Å²) >= 11 is 0. The van der Waals surface area contributed by atoms with E-state index in [1.165, 1.54) is 6.08 Å². The van der Waals surface area contributed by atoms with Gasteiger partial charge in [-0.3, -0.25) is 0 Å². The highest BCUT2D eigenvalue weighted by Gasteiger charge is 2.21. The SMILES string of the molecule is C=C=CC(C)(C)C(O)C=C. The molecule has 1 unspecified atom stereocenters. The third-order valence-electron chi connectivity index (χ3n) is 1.46. The van der Waals surface area contributed by atoms with Crippen molar-refractivity contribution < 1.29 is 5.11 Å². The fourth-order valence-corrected chi connectivity index (χ4v) is 0.652. The van der Waals surface area contributed by atoms with Crippen molar-refractivity contribution in [3.63, 3.8) is 0 Å². The van der Waals surface area contributed by atoms with Gasteiger partial charge in [0.05, 0.1) is 6.10 Å². The maximum atomic E-state index is 9.30. The van der Waals surface area contributed by atoms with Gasteiger partial charge in [-0.2, -0.15) is 0 Å². The summed E-state index contributed by atoms with van der Waals surface area (Å²) in [7, 11) is 0. The molecule has 56 valence electrons. The zero-order valence-electron chi connectivity index (χ0n) is 6.59. The summed E-state index contributed by atoms with van der Waals surface area (Å²) in [4.78, 5) is 0. The lowest BCUT2D eigenvalue weighted by atomic mass is 9.87. The number of hydrogen-bond acceptors (Lipinski definition) is 1. The normalized spacial score (nSPS) is 13.5. The van der Waals surface area contributed by atoms with Crippen LogP contribution in [0.3, 0.4) is 0 Å². The zero-order chi connectivity index (χ0) is 8.20. The van der Waals surface area contributed by atoms with Crippen LogP contribution >= 0.6 is 0 Å². The van der Waals surface area contributed by atoms with Gasteiger partial charge in [0.15, 0.2) is 0 Å². The first-order chi connectivity index (χ1) is 4.54. The Morgan fingerprint density at radius 3 is 2.40 bits per heavy atom. The summed E-state index contributed by atoms with van der Waals surface area (Å²) in [6.07, 6.45) is 2.72. The largest absolute Gasteiger partial charge is 0.388 e. The zero-order valence-corrected chi connectivity index (χ0v) is 6.59. The second kappa shape index (κ2) is 3.40. The van der Waals surface area contributed by atoms with Crippen LogP contribution in [0.5, 0.6) is 0 Å².